The molecule has 1 aliphatic rings. The van der Waals surface area contributed by atoms with Gasteiger partial charge in [0, 0.05) is 25.0 Å². The number of hydrogen-bond donors (Lipinski definition) is 1. The number of ether oxygens (including phenoxy) is 1. The topological polar surface area (TPSA) is 21.3 Å². The molecular weight excluding hydrogens is 206 g/mol. The second kappa shape index (κ2) is 6.77. The number of thioether (sulfide) groups is 1. The van der Waals surface area contributed by atoms with Gasteiger partial charge in [-0.3, -0.25) is 0 Å². The van der Waals surface area contributed by atoms with Crippen molar-refractivity contribution in [1.82, 2.24) is 5.32 Å². The Balaban J connectivity index is 2.05. The molecule has 0 aromatic heterocycles. The maximum absolute atomic E-state index is 5.32. The monoisotopic (exact) mass is 231 g/mol. The Morgan fingerprint density at radius 2 is 2.27 bits per heavy atom. The molecule has 0 aliphatic carbocycles. The van der Waals surface area contributed by atoms with Crippen molar-refractivity contribution in [3.63, 3.8) is 0 Å². The number of hydrogen-bond acceptors (Lipinski definition) is 3. The van der Waals surface area contributed by atoms with Gasteiger partial charge < -0.3 is 10.1 Å². The van der Waals surface area contributed by atoms with Gasteiger partial charge in [0.1, 0.15) is 0 Å². The van der Waals surface area contributed by atoms with Crippen LogP contribution in [0.3, 0.4) is 0 Å². The van der Waals surface area contributed by atoms with Crippen molar-refractivity contribution >= 4 is 11.8 Å². The molecule has 0 aromatic carbocycles. The Labute approximate surface area is 98.5 Å². The summed E-state index contributed by atoms with van der Waals surface area (Å²) >= 11 is 2.08. The highest BCUT2D eigenvalue weighted by molar-refractivity contribution is 7.99. The molecule has 0 spiro atoms. The maximum Gasteiger partial charge on any atom is 0.0477 e. The highest BCUT2D eigenvalue weighted by Gasteiger charge is 2.27. The Morgan fingerprint density at radius 3 is 2.93 bits per heavy atom. The van der Waals surface area contributed by atoms with Gasteiger partial charge in [-0.2, -0.15) is 11.8 Å². The fourth-order valence-corrected chi connectivity index (χ4v) is 3.33. The van der Waals surface area contributed by atoms with Gasteiger partial charge >= 0.3 is 0 Å². The van der Waals surface area contributed by atoms with E-state index in [9.17, 15) is 0 Å². The lowest BCUT2D eigenvalue weighted by molar-refractivity contribution is 0.143. The van der Waals surface area contributed by atoms with Crippen LogP contribution in [0.5, 0.6) is 0 Å². The highest BCUT2D eigenvalue weighted by atomic mass is 32.2. The van der Waals surface area contributed by atoms with Gasteiger partial charge in [-0.15, -0.1) is 0 Å². The van der Waals surface area contributed by atoms with Gasteiger partial charge in [0.25, 0.3) is 0 Å². The molecule has 0 radical (unpaired) electrons. The zero-order valence-electron chi connectivity index (χ0n) is 10.3. The van der Waals surface area contributed by atoms with Crippen molar-refractivity contribution in [1.29, 1.82) is 0 Å². The third-order valence-corrected chi connectivity index (χ3v) is 4.34. The normalized spacial score (nSPS) is 25.4. The molecule has 1 rings (SSSR count). The summed E-state index contributed by atoms with van der Waals surface area (Å²) in [7, 11) is 0. The Kier molecular flexibility index (Phi) is 6.02. The van der Waals surface area contributed by atoms with Crippen molar-refractivity contribution in [2.75, 3.05) is 31.3 Å². The molecule has 1 aliphatic heterocycles. The van der Waals surface area contributed by atoms with Crippen LogP contribution in [-0.2, 0) is 4.74 Å². The van der Waals surface area contributed by atoms with Gasteiger partial charge in [-0.05, 0) is 37.5 Å². The van der Waals surface area contributed by atoms with E-state index in [0.717, 1.165) is 26.2 Å². The summed E-state index contributed by atoms with van der Waals surface area (Å²) in [5.74, 6) is 2.59. The maximum atomic E-state index is 5.32. The van der Waals surface area contributed by atoms with E-state index in [4.69, 9.17) is 4.74 Å². The standard InChI is InChI=1S/C12H25NOS/c1-4-14-7-5-6-13-11-8-12(2,3)10-15-9-11/h11,13H,4-10H2,1-3H3. The van der Waals surface area contributed by atoms with E-state index in [1.807, 2.05) is 6.92 Å². The average Bonchev–Trinajstić information content (AvgIpc) is 2.16. The summed E-state index contributed by atoms with van der Waals surface area (Å²) in [6, 6.07) is 0.709. The molecule has 1 unspecified atom stereocenters. The molecule has 0 aromatic rings. The zero-order valence-corrected chi connectivity index (χ0v) is 11.2. The van der Waals surface area contributed by atoms with Crippen molar-refractivity contribution in [2.24, 2.45) is 5.41 Å². The molecule has 0 bridgehead atoms. The third-order valence-electron chi connectivity index (χ3n) is 2.71. The van der Waals surface area contributed by atoms with Crippen LogP contribution in [0, 0.1) is 5.41 Å². The van der Waals surface area contributed by atoms with Crippen molar-refractivity contribution in [2.45, 2.75) is 39.7 Å². The quantitative estimate of drug-likeness (QED) is 0.710. The Bertz CT molecular complexity index is 173. The van der Waals surface area contributed by atoms with Crippen LogP contribution in [-0.4, -0.2) is 37.3 Å². The minimum Gasteiger partial charge on any atom is -0.382 e. The van der Waals surface area contributed by atoms with Gasteiger partial charge in [-0.1, -0.05) is 13.8 Å². The first-order valence-corrected chi connectivity index (χ1v) is 7.18. The third kappa shape index (κ3) is 5.79. The molecule has 0 saturated carbocycles. The lowest BCUT2D eigenvalue weighted by Gasteiger charge is -2.35. The molecule has 1 heterocycles. The average molecular weight is 231 g/mol. The number of nitrogens with one attached hydrogen (secondary N) is 1. The van der Waals surface area contributed by atoms with Gasteiger partial charge in [-0.25, -0.2) is 0 Å². The Morgan fingerprint density at radius 1 is 1.47 bits per heavy atom. The summed E-state index contributed by atoms with van der Waals surface area (Å²) in [4.78, 5) is 0. The van der Waals surface area contributed by atoms with E-state index in [0.29, 0.717) is 11.5 Å². The fraction of sp³-hybridized carbons (Fsp3) is 1.00. The summed E-state index contributed by atoms with van der Waals surface area (Å²) < 4.78 is 5.32. The Hall–Kier alpha value is 0.270. The van der Waals surface area contributed by atoms with Crippen molar-refractivity contribution in [3.05, 3.63) is 0 Å². The molecular formula is C12H25NOS. The molecule has 1 N–H and O–H groups in total. The largest absolute Gasteiger partial charge is 0.382 e. The van der Waals surface area contributed by atoms with E-state index in [2.05, 4.69) is 30.9 Å². The number of rotatable bonds is 6. The van der Waals surface area contributed by atoms with E-state index in [1.54, 1.807) is 0 Å². The molecule has 2 nitrogen and oxygen atoms in total. The lowest BCUT2D eigenvalue weighted by Crippen LogP contribution is -2.40. The summed E-state index contributed by atoms with van der Waals surface area (Å²) in [5, 5.41) is 3.64. The summed E-state index contributed by atoms with van der Waals surface area (Å²) in [6.45, 7) is 9.62. The van der Waals surface area contributed by atoms with Crippen LogP contribution in [0.2, 0.25) is 0 Å². The predicted molar refractivity (Wildman–Crippen MR) is 68.6 cm³/mol. The SMILES string of the molecule is CCOCCCNC1CSCC(C)(C)C1. The van der Waals surface area contributed by atoms with E-state index < -0.39 is 0 Å². The smallest absolute Gasteiger partial charge is 0.0477 e. The molecule has 15 heavy (non-hydrogen) atoms. The molecule has 3 heteroatoms. The van der Waals surface area contributed by atoms with Crippen LogP contribution < -0.4 is 5.32 Å². The van der Waals surface area contributed by atoms with Crippen LogP contribution in [0.25, 0.3) is 0 Å². The van der Waals surface area contributed by atoms with Crippen LogP contribution in [0.1, 0.15) is 33.6 Å². The lowest BCUT2D eigenvalue weighted by atomic mass is 9.88. The molecule has 1 saturated heterocycles. The van der Waals surface area contributed by atoms with Gasteiger partial charge in [0.05, 0.1) is 0 Å². The van der Waals surface area contributed by atoms with Gasteiger partial charge in [0.15, 0.2) is 0 Å². The highest BCUT2D eigenvalue weighted by Crippen LogP contribution is 2.33. The van der Waals surface area contributed by atoms with Gasteiger partial charge in [0.2, 0.25) is 0 Å². The molecule has 0 amide bonds. The van der Waals surface area contributed by atoms with Crippen LogP contribution in [0.4, 0.5) is 0 Å². The first-order chi connectivity index (χ1) is 7.14. The molecule has 90 valence electrons. The van der Waals surface area contributed by atoms with Crippen LogP contribution >= 0.6 is 11.8 Å². The summed E-state index contributed by atoms with van der Waals surface area (Å²) in [6.07, 6.45) is 2.45. The second-order valence-electron chi connectivity index (χ2n) is 5.08. The summed E-state index contributed by atoms with van der Waals surface area (Å²) in [5.41, 5.74) is 0.514. The minimum absolute atomic E-state index is 0.514. The first kappa shape index (κ1) is 13.3. The minimum atomic E-state index is 0.514. The molecule has 1 fully saturated rings. The zero-order chi connectivity index (χ0) is 11.1. The first-order valence-electron chi connectivity index (χ1n) is 6.03. The van der Waals surface area contributed by atoms with Crippen molar-refractivity contribution < 1.29 is 4.74 Å². The fourth-order valence-electron chi connectivity index (χ4n) is 2.02. The van der Waals surface area contributed by atoms with Crippen LogP contribution in [0.15, 0.2) is 0 Å². The second-order valence-corrected chi connectivity index (χ2v) is 6.12. The van der Waals surface area contributed by atoms with E-state index in [1.165, 1.54) is 17.9 Å². The predicted octanol–water partition coefficient (Wildman–Crippen LogP) is 2.53. The van der Waals surface area contributed by atoms with E-state index >= 15 is 0 Å². The molecule has 1 atom stereocenters. The van der Waals surface area contributed by atoms with E-state index in [-0.39, 0.29) is 0 Å². The van der Waals surface area contributed by atoms with Crippen molar-refractivity contribution in [3.8, 4) is 0 Å².